The van der Waals surface area contributed by atoms with Crippen LogP contribution in [0.4, 0.5) is 0 Å². The smallest absolute Gasteiger partial charge is 0.244 e. The van der Waals surface area contributed by atoms with Crippen molar-refractivity contribution < 1.29 is 17.9 Å². The van der Waals surface area contributed by atoms with Gasteiger partial charge in [0.25, 0.3) is 0 Å². The van der Waals surface area contributed by atoms with Gasteiger partial charge in [-0.15, -0.1) is 0 Å². The van der Waals surface area contributed by atoms with Crippen LogP contribution < -0.4 is 9.47 Å². The highest BCUT2D eigenvalue weighted by Gasteiger charge is 2.40. The third kappa shape index (κ3) is 3.18. The zero-order chi connectivity index (χ0) is 17.3. The summed E-state index contributed by atoms with van der Waals surface area (Å²) in [5, 5.41) is 0. The van der Waals surface area contributed by atoms with Gasteiger partial charge >= 0.3 is 0 Å². The zero-order valence-electron chi connectivity index (χ0n) is 14.1. The largest absolute Gasteiger partial charge is 0.493 e. The van der Waals surface area contributed by atoms with Crippen LogP contribution in [0.2, 0.25) is 0 Å². The van der Waals surface area contributed by atoms with Gasteiger partial charge in [-0.1, -0.05) is 12.8 Å². The second kappa shape index (κ2) is 7.22. The first-order valence-electron chi connectivity index (χ1n) is 8.42. The highest BCUT2D eigenvalue weighted by Crippen LogP contribution is 2.41. The maximum atomic E-state index is 13.3. The average molecular weight is 418 g/mol. The summed E-state index contributed by atoms with van der Waals surface area (Å²) in [6.45, 7) is 0.601. The molecule has 5 nitrogen and oxygen atoms in total. The summed E-state index contributed by atoms with van der Waals surface area (Å²) >= 11 is 3.40. The third-order valence-electron chi connectivity index (χ3n) is 5.22. The van der Waals surface area contributed by atoms with Gasteiger partial charge in [0.2, 0.25) is 10.0 Å². The number of piperidine rings is 1. The van der Waals surface area contributed by atoms with Crippen LogP contribution in [0.1, 0.15) is 38.5 Å². The molecule has 0 bridgehead atoms. The molecule has 2 atom stereocenters. The van der Waals surface area contributed by atoms with E-state index in [1.807, 2.05) is 0 Å². The van der Waals surface area contributed by atoms with Crippen molar-refractivity contribution in [3.8, 4) is 11.5 Å². The molecule has 3 rings (SSSR count). The molecule has 1 aliphatic heterocycles. The molecule has 1 aromatic rings. The van der Waals surface area contributed by atoms with Gasteiger partial charge in [0.05, 0.1) is 14.2 Å². The molecule has 0 spiro atoms. The third-order valence-corrected chi connectivity index (χ3v) is 8.10. The summed E-state index contributed by atoms with van der Waals surface area (Å²) in [4.78, 5) is 0.256. The predicted octanol–water partition coefficient (Wildman–Crippen LogP) is 3.81. The number of benzene rings is 1. The fourth-order valence-electron chi connectivity index (χ4n) is 4.04. The Morgan fingerprint density at radius 3 is 2.38 bits per heavy atom. The molecule has 2 aliphatic rings. The summed E-state index contributed by atoms with van der Waals surface area (Å²) in [6, 6.07) is 3.36. The number of nitrogens with zero attached hydrogens (tertiary/aromatic N) is 1. The number of methoxy groups -OCH3 is 2. The van der Waals surface area contributed by atoms with Crippen molar-refractivity contribution in [2.75, 3.05) is 20.8 Å². The monoisotopic (exact) mass is 417 g/mol. The number of hydrogen-bond donors (Lipinski definition) is 0. The van der Waals surface area contributed by atoms with E-state index < -0.39 is 10.0 Å². The minimum absolute atomic E-state index is 0.137. The first-order chi connectivity index (χ1) is 11.5. The van der Waals surface area contributed by atoms with E-state index >= 15 is 0 Å². The van der Waals surface area contributed by atoms with Crippen molar-refractivity contribution >= 4 is 26.0 Å². The lowest BCUT2D eigenvalue weighted by Crippen LogP contribution is -2.49. The molecule has 0 amide bonds. The molecule has 24 heavy (non-hydrogen) atoms. The maximum Gasteiger partial charge on any atom is 0.244 e. The van der Waals surface area contributed by atoms with E-state index in [0.29, 0.717) is 28.4 Å². The standard InChI is InChI=1S/C17H24BrNO4S/c1-22-15-10-13(18)17(11-16(15)23-2)24(20,21)19-9-5-7-12-6-3-4-8-14(12)19/h10-12,14H,3-9H2,1-2H3/t12-,14-/m1/s1. The topological polar surface area (TPSA) is 55.8 Å². The maximum absolute atomic E-state index is 13.3. The molecule has 0 aromatic heterocycles. The van der Waals surface area contributed by atoms with Gasteiger partial charge in [-0.05, 0) is 53.6 Å². The fraction of sp³-hybridized carbons (Fsp3) is 0.647. The molecule has 1 saturated heterocycles. The average Bonchev–Trinajstić information content (AvgIpc) is 2.60. The molecular formula is C17H24BrNO4S. The molecule has 2 fully saturated rings. The second-order valence-electron chi connectivity index (χ2n) is 6.51. The van der Waals surface area contributed by atoms with Gasteiger partial charge in [-0.25, -0.2) is 8.42 Å². The van der Waals surface area contributed by atoms with Crippen LogP contribution in [0, 0.1) is 5.92 Å². The molecule has 1 aliphatic carbocycles. The van der Waals surface area contributed by atoms with E-state index in [0.717, 1.165) is 32.1 Å². The van der Waals surface area contributed by atoms with Gasteiger partial charge in [0, 0.05) is 23.1 Å². The quantitative estimate of drug-likeness (QED) is 0.746. The Kier molecular flexibility index (Phi) is 5.42. The van der Waals surface area contributed by atoms with Crippen LogP contribution in [0.15, 0.2) is 21.5 Å². The lowest BCUT2D eigenvalue weighted by Gasteiger charge is -2.43. The van der Waals surface area contributed by atoms with Crippen molar-refractivity contribution in [2.45, 2.75) is 49.5 Å². The highest BCUT2D eigenvalue weighted by atomic mass is 79.9. The fourth-order valence-corrected chi connectivity index (χ4v) is 6.79. The Labute approximate surface area is 152 Å². The van der Waals surface area contributed by atoms with Gasteiger partial charge in [-0.2, -0.15) is 4.31 Å². The van der Waals surface area contributed by atoms with Gasteiger partial charge < -0.3 is 9.47 Å². The number of sulfonamides is 1. The van der Waals surface area contributed by atoms with Crippen molar-refractivity contribution in [1.29, 1.82) is 0 Å². The van der Waals surface area contributed by atoms with Crippen molar-refractivity contribution in [3.63, 3.8) is 0 Å². The van der Waals surface area contributed by atoms with Crippen molar-refractivity contribution in [2.24, 2.45) is 5.92 Å². The molecular weight excluding hydrogens is 394 g/mol. The van der Waals surface area contributed by atoms with E-state index in [9.17, 15) is 8.42 Å². The van der Waals surface area contributed by atoms with Gasteiger partial charge in [-0.3, -0.25) is 0 Å². The normalized spacial score (nSPS) is 25.1. The minimum Gasteiger partial charge on any atom is -0.493 e. The summed E-state index contributed by atoms with van der Waals surface area (Å²) < 4.78 is 39.4. The molecule has 134 valence electrons. The zero-order valence-corrected chi connectivity index (χ0v) is 16.5. The summed E-state index contributed by atoms with van der Waals surface area (Å²) in [7, 11) is -0.518. The first kappa shape index (κ1) is 18.0. The van der Waals surface area contributed by atoms with E-state index in [4.69, 9.17) is 9.47 Å². The molecule has 0 N–H and O–H groups in total. The van der Waals surface area contributed by atoms with Crippen LogP contribution in [-0.2, 0) is 10.0 Å². The van der Waals surface area contributed by atoms with Gasteiger partial charge in [0.15, 0.2) is 11.5 Å². The highest BCUT2D eigenvalue weighted by molar-refractivity contribution is 9.10. The molecule has 1 aromatic carbocycles. The van der Waals surface area contributed by atoms with Crippen LogP contribution in [0.3, 0.4) is 0 Å². The summed E-state index contributed by atoms with van der Waals surface area (Å²) in [5.74, 6) is 1.44. The Balaban J connectivity index is 2.00. The van der Waals surface area contributed by atoms with Crippen molar-refractivity contribution in [1.82, 2.24) is 4.31 Å². The summed E-state index contributed by atoms with van der Waals surface area (Å²) in [6.07, 6.45) is 6.52. The second-order valence-corrected chi connectivity index (χ2v) is 9.22. The van der Waals surface area contributed by atoms with E-state index in [-0.39, 0.29) is 10.9 Å². The van der Waals surface area contributed by atoms with Crippen LogP contribution >= 0.6 is 15.9 Å². The lowest BCUT2D eigenvalue weighted by molar-refractivity contribution is 0.129. The summed E-state index contributed by atoms with van der Waals surface area (Å²) in [5.41, 5.74) is 0. The van der Waals surface area contributed by atoms with Crippen molar-refractivity contribution in [3.05, 3.63) is 16.6 Å². The Bertz CT molecular complexity index is 705. The Hall–Kier alpha value is -0.790. The molecule has 0 radical (unpaired) electrons. The van der Waals surface area contributed by atoms with E-state index in [1.165, 1.54) is 20.6 Å². The Morgan fingerprint density at radius 1 is 1.04 bits per heavy atom. The Morgan fingerprint density at radius 2 is 1.67 bits per heavy atom. The van der Waals surface area contributed by atoms with Crippen LogP contribution in [-0.4, -0.2) is 39.5 Å². The molecule has 1 saturated carbocycles. The van der Waals surface area contributed by atoms with E-state index in [2.05, 4.69) is 15.9 Å². The number of rotatable bonds is 4. The number of hydrogen-bond acceptors (Lipinski definition) is 4. The number of fused-ring (bicyclic) bond motifs is 1. The van der Waals surface area contributed by atoms with Crippen LogP contribution in [0.25, 0.3) is 0 Å². The molecule has 0 unspecified atom stereocenters. The first-order valence-corrected chi connectivity index (χ1v) is 10.7. The molecule has 1 heterocycles. The lowest BCUT2D eigenvalue weighted by atomic mass is 9.79. The number of halogens is 1. The van der Waals surface area contributed by atoms with Gasteiger partial charge in [0.1, 0.15) is 4.90 Å². The predicted molar refractivity (Wildman–Crippen MR) is 96.1 cm³/mol. The minimum atomic E-state index is -3.57. The molecule has 7 heteroatoms. The van der Waals surface area contributed by atoms with E-state index in [1.54, 1.807) is 16.4 Å². The van der Waals surface area contributed by atoms with Crippen LogP contribution in [0.5, 0.6) is 11.5 Å². The number of ether oxygens (including phenoxy) is 2. The SMILES string of the molecule is COc1cc(Br)c(S(=O)(=O)N2CCC[C@H]3CCCC[C@H]32)cc1OC.